The van der Waals surface area contributed by atoms with Crippen LogP contribution in [0, 0.1) is 15.9 Å². The smallest absolute Gasteiger partial charge is 0.327 e. The number of nitro benzene ring substituents is 1. The number of hydrogen-bond donors (Lipinski definition) is 1. The summed E-state index contributed by atoms with van der Waals surface area (Å²) >= 11 is 0. The molecule has 2 aromatic rings. The highest BCUT2D eigenvalue weighted by Gasteiger charge is 2.33. The Bertz CT molecular complexity index is 975. The first kappa shape index (κ1) is 21.2. The van der Waals surface area contributed by atoms with Gasteiger partial charge in [-0.25, -0.2) is 4.39 Å². The van der Waals surface area contributed by atoms with Crippen molar-refractivity contribution >= 4 is 23.0 Å². The Morgan fingerprint density at radius 1 is 1.13 bits per heavy atom. The molecule has 0 aliphatic carbocycles. The summed E-state index contributed by atoms with van der Waals surface area (Å²) in [6.07, 6.45) is 1.92. The van der Waals surface area contributed by atoms with Crippen LogP contribution in [0.5, 0.6) is 17.2 Å². The second-order valence-electron chi connectivity index (χ2n) is 6.58. The molecule has 1 N–H and O–H groups in total. The van der Waals surface area contributed by atoms with Gasteiger partial charge in [0.05, 0.1) is 31.9 Å². The summed E-state index contributed by atoms with van der Waals surface area (Å²) in [5, 5.41) is 14.2. The fourth-order valence-electron chi connectivity index (χ4n) is 3.53. The summed E-state index contributed by atoms with van der Waals surface area (Å²) in [5.74, 6) is -1.72. The molecule has 1 fully saturated rings. The van der Waals surface area contributed by atoms with Crippen molar-refractivity contribution in [3.8, 4) is 17.2 Å². The van der Waals surface area contributed by atoms with Crippen LogP contribution < -0.4 is 24.4 Å². The summed E-state index contributed by atoms with van der Waals surface area (Å²) in [7, 11) is 3.84. The van der Waals surface area contributed by atoms with Gasteiger partial charge in [-0.15, -0.1) is 0 Å². The number of nitrogens with zero attached hydrogens (tertiary/aromatic N) is 2. The number of carbonyl (C=O) groups is 1. The molecule has 1 saturated heterocycles. The van der Waals surface area contributed by atoms with Crippen LogP contribution in [-0.2, 0) is 0 Å². The Morgan fingerprint density at radius 3 is 2.37 bits per heavy atom. The number of hydrogen-bond acceptors (Lipinski definition) is 7. The van der Waals surface area contributed by atoms with Gasteiger partial charge in [0, 0.05) is 19.2 Å². The van der Waals surface area contributed by atoms with Crippen LogP contribution in [0.15, 0.2) is 24.3 Å². The van der Waals surface area contributed by atoms with E-state index >= 15 is 0 Å². The quantitative estimate of drug-likeness (QED) is 0.540. The predicted octanol–water partition coefficient (Wildman–Crippen LogP) is 3.61. The third-order valence-electron chi connectivity index (χ3n) is 4.91. The van der Waals surface area contributed by atoms with E-state index in [-0.39, 0.29) is 28.5 Å². The molecule has 10 heteroatoms. The van der Waals surface area contributed by atoms with Crippen molar-refractivity contribution in [1.29, 1.82) is 0 Å². The molecular formula is C20H22FN3O6. The second kappa shape index (κ2) is 8.85. The number of amides is 1. The predicted molar refractivity (Wildman–Crippen MR) is 109 cm³/mol. The monoisotopic (exact) mass is 419 g/mol. The van der Waals surface area contributed by atoms with Gasteiger partial charge in [0.2, 0.25) is 11.5 Å². The number of carbonyl (C=O) groups excluding carboxylic acids is 1. The third-order valence-corrected chi connectivity index (χ3v) is 4.91. The molecule has 0 radical (unpaired) electrons. The van der Waals surface area contributed by atoms with Gasteiger partial charge in [-0.1, -0.05) is 6.07 Å². The van der Waals surface area contributed by atoms with Crippen molar-refractivity contribution in [1.82, 2.24) is 0 Å². The van der Waals surface area contributed by atoms with Crippen molar-refractivity contribution in [2.24, 2.45) is 0 Å². The van der Waals surface area contributed by atoms with E-state index in [0.29, 0.717) is 5.69 Å². The SMILES string of the molecule is COc1cc(C(=O)Nc2c(F)cccc2N2CCCC2)c([N+](=O)[O-])c(OC)c1OC. The van der Waals surface area contributed by atoms with E-state index in [1.807, 2.05) is 4.90 Å². The minimum absolute atomic E-state index is 0.0214. The van der Waals surface area contributed by atoms with Crippen molar-refractivity contribution in [2.45, 2.75) is 12.8 Å². The van der Waals surface area contributed by atoms with E-state index in [1.165, 1.54) is 33.5 Å². The second-order valence-corrected chi connectivity index (χ2v) is 6.58. The Hall–Kier alpha value is -3.56. The zero-order valence-electron chi connectivity index (χ0n) is 16.9. The molecule has 0 unspecified atom stereocenters. The standard InChI is InChI=1S/C20H22FN3O6/c1-28-15-11-12(17(24(26)27)19(30-3)18(15)29-2)20(25)22-16-13(21)7-6-8-14(16)23-9-4-5-10-23/h6-8,11H,4-5,9-10H2,1-3H3,(H,22,25). The molecule has 30 heavy (non-hydrogen) atoms. The zero-order chi connectivity index (χ0) is 21.8. The van der Waals surface area contributed by atoms with Crippen LogP contribution in [0.4, 0.5) is 21.5 Å². The number of methoxy groups -OCH3 is 3. The Balaban J connectivity index is 2.09. The van der Waals surface area contributed by atoms with Crippen LogP contribution in [0.2, 0.25) is 0 Å². The summed E-state index contributed by atoms with van der Waals surface area (Å²) in [6, 6.07) is 5.65. The summed E-state index contributed by atoms with van der Waals surface area (Å²) in [4.78, 5) is 26.0. The fraction of sp³-hybridized carbons (Fsp3) is 0.350. The highest BCUT2D eigenvalue weighted by atomic mass is 19.1. The van der Waals surface area contributed by atoms with Crippen LogP contribution in [0.1, 0.15) is 23.2 Å². The van der Waals surface area contributed by atoms with Crippen LogP contribution in [0.3, 0.4) is 0 Å². The molecule has 0 aromatic heterocycles. The first-order chi connectivity index (χ1) is 14.4. The Morgan fingerprint density at radius 2 is 1.80 bits per heavy atom. The van der Waals surface area contributed by atoms with Crippen molar-refractivity contribution in [3.63, 3.8) is 0 Å². The van der Waals surface area contributed by atoms with Gasteiger partial charge in [-0.3, -0.25) is 14.9 Å². The number of nitro groups is 1. The molecule has 0 spiro atoms. The maximum atomic E-state index is 14.6. The molecule has 1 heterocycles. The molecule has 1 aliphatic heterocycles. The lowest BCUT2D eigenvalue weighted by Crippen LogP contribution is -2.22. The Labute approximate surface area is 172 Å². The molecule has 9 nitrogen and oxygen atoms in total. The minimum Gasteiger partial charge on any atom is -0.493 e. The lowest BCUT2D eigenvalue weighted by atomic mass is 10.1. The number of anilines is 2. The molecule has 0 saturated carbocycles. The fourth-order valence-corrected chi connectivity index (χ4v) is 3.53. The van der Waals surface area contributed by atoms with Crippen molar-refractivity contribution in [3.05, 3.63) is 45.8 Å². The van der Waals surface area contributed by atoms with E-state index < -0.39 is 22.3 Å². The van der Waals surface area contributed by atoms with E-state index in [1.54, 1.807) is 12.1 Å². The largest absolute Gasteiger partial charge is 0.493 e. The number of nitrogens with one attached hydrogen (secondary N) is 1. The van der Waals surface area contributed by atoms with Gasteiger partial charge in [0.15, 0.2) is 5.75 Å². The molecule has 1 aliphatic rings. The number of para-hydroxylation sites is 1. The Kier molecular flexibility index (Phi) is 6.24. The molecule has 2 aromatic carbocycles. The van der Waals surface area contributed by atoms with E-state index in [2.05, 4.69) is 5.32 Å². The maximum Gasteiger partial charge on any atom is 0.327 e. The van der Waals surface area contributed by atoms with E-state index in [4.69, 9.17) is 14.2 Å². The summed E-state index contributed by atoms with van der Waals surface area (Å²) in [6.45, 7) is 1.47. The maximum absolute atomic E-state index is 14.6. The highest BCUT2D eigenvalue weighted by Crippen LogP contribution is 2.46. The van der Waals surface area contributed by atoms with Gasteiger partial charge in [-0.05, 0) is 25.0 Å². The third kappa shape index (κ3) is 3.80. The van der Waals surface area contributed by atoms with Gasteiger partial charge >= 0.3 is 5.69 Å². The minimum atomic E-state index is -0.869. The van der Waals surface area contributed by atoms with Crippen molar-refractivity contribution in [2.75, 3.05) is 44.6 Å². The van der Waals surface area contributed by atoms with Crippen LogP contribution in [0.25, 0.3) is 0 Å². The average molecular weight is 419 g/mol. The van der Waals surface area contributed by atoms with Gasteiger partial charge in [-0.2, -0.15) is 0 Å². The highest BCUT2D eigenvalue weighted by molar-refractivity contribution is 6.10. The normalized spacial score (nSPS) is 13.1. The summed E-state index contributed by atoms with van der Waals surface area (Å²) < 4.78 is 30.1. The van der Waals surface area contributed by atoms with Gasteiger partial charge < -0.3 is 24.4 Å². The molecule has 160 valence electrons. The van der Waals surface area contributed by atoms with E-state index in [9.17, 15) is 19.3 Å². The van der Waals surface area contributed by atoms with Crippen molar-refractivity contribution < 1.29 is 28.3 Å². The lowest BCUT2D eigenvalue weighted by molar-refractivity contribution is -0.386. The number of halogens is 1. The molecule has 0 atom stereocenters. The average Bonchev–Trinajstić information content (AvgIpc) is 3.27. The first-order valence-electron chi connectivity index (χ1n) is 9.25. The number of ether oxygens (including phenoxy) is 3. The number of rotatable bonds is 7. The molecule has 1 amide bonds. The first-order valence-corrected chi connectivity index (χ1v) is 9.25. The molecule has 0 bridgehead atoms. The lowest BCUT2D eigenvalue weighted by Gasteiger charge is -2.22. The molecular weight excluding hydrogens is 397 g/mol. The zero-order valence-corrected chi connectivity index (χ0v) is 16.9. The summed E-state index contributed by atoms with van der Waals surface area (Å²) in [5.41, 5.74) is -0.458. The molecule has 3 rings (SSSR count). The number of benzene rings is 2. The topological polar surface area (TPSA) is 103 Å². The van der Waals surface area contributed by atoms with Crippen LogP contribution in [-0.4, -0.2) is 45.2 Å². The van der Waals surface area contributed by atoms with E-state index in [0.717, 1.165) is 25.9 Å². The van der Waals surface area contributed by atoms with Gasteiger partial charge in [0.1, 0.15) is 17.1 Å². The van der Waals surface area contributed by atoms with Gasteiger partial charge in [0.25, 0.3) is 5.91 Å². The van der Waals surface area contributed by atoms with Crippen LogP contribution >= 0.6 is 0 Å².